The predicted octanol–water partition coefficient (Wildman–Crippen LogP) is 4.03. The van der Waals surface area contributed by atoms with Gasteiger partial charge >= 0.3 is 6.01 Å². The highest BCUT2D eigenvalue weighted by atomic mass is 16.5. The molecule has 1 amide bonds. The number of anilines is 2. The molecule has 6 rings (SSSR count). The van der Waals surface area contributed by atoms with E-state index in [0.29, 0.717) is 50.8 Å². The van der Waals surface area contributed by atoms with Gasteiger partial charge in [0.05, 0.1) is 18.8 Å². The normalized spacial score (nSPS) is 22.0. The van der Waals surface area contributed by atoms with E-state index in [1.54, 1.807) is 4.90 Å². The third-order valence-corrected chi connectivity index (χ3v) is 9.14. The number of hydrogen-bond donors (Lipinski definition) is 0. The minimum Gasteiger partial charge on any atom is -0.463 e. The molecule has 9 heteroatoms. The fraction of sp³-hybridized carbons (Fsp3) is 0.455. The van der Waals surface area contributed by atoms with Gasteiger partial charge in [-0.1, -0.05) is 43.0 Å². The van der Waals surface area contributed by atoms with Gasteiger partial charge in [0.2, 0.25) is 12.5 Å². The van der Waals surface area contributed by atoms with Crippen molar-refractivity contribution in [2.45, 2.75) is 37.9 Å². The number of nitrogens with zero attached hydrogens (tertiary/aromatic N) is 7. The van der Waals surface area contributed by atoms with E-state index in [9.17, 15) is 4.79 Å². The summed E-state index contributed by atoms with van der Waals surface area (Å²) < 4.78 is 6.33. The molecule has 1 saturated carbocycles. The minimum atomic E-state index is -0.219. The van der Waals surface area contributed by atoms with Crippen molar-refractivity contribution in [3.05, 3.63) is 77.8 Å². The number of rotatable bonds is 8. The lowest BCUT2D eigenvalue weighted by Gasteiger charge is -2.41. The highest BCUT2D eigenvalue weighted by molar-refractivity contribution is 5.94. The number of aromatic nitrogens is 2. The van der Waals surface area contributed by atoms with Gasteiger partial charge < -0.3 is 29.2 Å². The summed E-state index contributed by atoms with van der Waals surface area (Å²) in [5, 5.41) is 2.46. The summed E-state index contributed by atoms with van der Waals surface area (Å²) in [5.41, 5.74) is 3.33. The molecule has 3 aromatic rings. The molecule has 218 valence electrons. The van der Waals surface area contributed by atoms with Gasteiger partial charge in [0, 0.05) is 54.8 Å². The molecular formula is C33H39N7O2. The molecule has 0 N–H and O–H groups in total. The van der Waals surface area contributed by atoms with Crippen molar-refractivity contribution in [1.82, 2.24) is 19.8 Å². The molecule has 0 spiro atoms. The summed E-state index contributed by atoms with van der Waals surface area (Å²) in [6.07, 6.45) is 4.48. The number of carbonyl (C=O) groups excluding carboxylic acids is 1. The Labute approximate surface area is 248 Å². The topological polar surface area (TPSA) is 69.4 Å². The minimum absolute atomic E-state index is 0.126. The van der Waals surface area contributed by atoms with Crippen LogP contribution in [0.2, 0.25) is 0 Å². The van der Waals surface area contributed by atoms with Gasteiger partial charge in [-0.05, 0) is 50.9 Å². The Morgan fingerprint density at radius 2 is 1.95 bits per heavy atom. The lowest BCUT2D eigenvalue weighted by atomic mass is 9.79. The third-order valence-electron chi connectivity index (χ3n) is 9.14. The van der Waals surface area contributed by atoms with Crippen molar-refractivity contribution in [2.75, 3.05) is 63.2 Å². The molecule has 3 aliphatic rings. The first-order chi connectivity index (χ1) is 20.5. The Hall–Kier alpha value is -4.16. The molecule has 2 aliphatic heterocycles. The van der Waals surface area contributed by atoms with E-state index in [-0.39, 0.29) is 18.5 Å². The molecule has 2 unspecified atom stereocenters. The van der Waals surface area contributed by atoms with Crippen LogP contribution in [-0.4, -0.2) is 91.2 Å². The molecule has 42 heavy (non-hydrogen) atoms. The van der Waals surface area contributed by atoms with Crippen LogP contribution in [0.15, 0.2) is 55.1 Å². The quantitative estimate of drug-likeness (QED) is 0.302. The van der Waals surface area contributed by atoms with E-state index in [1.165, 1.54) is 29.0 Å². The third kappa shape index (κ3) is 5.39. The second kappa shape index (κ2) is 12.0. The van der Waals surface area contributed by atoms with Crippen LogP contribution >= 0.6 is 0 Å². The molecular weight excluding hydrogens is 526 g/mol. The SMILES string of the molecule is [C-]#[N+]C[C@H]1CN(c2nc(OCC3CCC3N(C)C)nc3c2CCN(c2cccc4ccccc24)C3)CCN1C(=O)C=C. The van der Waals surface area contributed by atoms with Crippen LogP contribution in [0.4, 0.5) is 11.5 Å². The van der Waals surface area contributed by atoms with Crippen LogP contribution in [0.3, 0.4) is 0 Å². The summed E-state index contributed by atoms with van der Waals surface area (Å²) >= 11 is 0. The zero-order valence-electron chi connectivity index (χ0n) is 24.6. The first-order valence-corrected chi connectivity index (χ1v) is 14.9. The molecule has 1 saturated heterocycles. The van der Waals surface area contributed by atoms with Crippen LogP contribution in [0.5, 0.6) is 6.01 Å². The highest BCUT2D eigenvalue weighted by Crippen LogP contribution is 2.36. The summed E-state index contributed by atoms with van der Waals surface area (Å²) in [7, 11) is 4.25. The number of carbonyl (C=O) groups is 1. The summed E-state index contributed by atoms with van der Waals surface area (Å²) in [6.45, 7) is 15.2. The fourth-order valence-corrected chi connectivity index (χ4v) is 6.73. The summed E-state index contributed by atoms with van der Waals surface area (Å²) in [4.78, 5) is 34.9. The van der Waals surface area contributed by atoms with Gasteiger partial charge in [0.25, 0.3) is 0 Å². The number of amides is 1. The lowest BCUT2D eigenvalue weighted by molar-refractivity contribution is -0.128. The smallest absolute Gasteiger partial charge is 0.318 e. The van der Waals surface area contributed by atoms with Gasteiger partial charge in [0.15, 0.2) is 0 Å². The van der Waals surface area contributed by atoms with Gasteiger partial charge in [-0.3, -0.25) is 4.79 Å². The molecule has 3 atom stereocenters. The largest absolute Gasteiger partial charge is 0.463 e. The molecule has 9 nitrogen and oxygen atoms in total. The van der Waals surface area contributed by atoms with Crippen LogP contribution in [0.25, 0.3) is 15.6 Å². The number of benzene rings is 2. The first-order valence-electron chi connectivity index (χ1n) is 14.9. The van der Waals surface area contributed by atoms with E-state index in [1.807, 2.05) is 0 Å². The van der Waals surface area contributed by atoms with Crippen LogP contribution in [0, 0.1) is 12.5 Å². The van der Waals surface area contributed by atoms with Crippen LogP contribution in [-0.2, 0) is 17.8 Å². The van der Waals surface area contributed by atoms with Crippen molar-refractivity contribution >= 4 is 28.2 Å². The van der Waals surface area contributed by atoms with Gasteiger partial charge in [-0.25, -0.2) is 6.57 Å². The Balaban J connectivity index is 1.32. The maximum atomic E-state index is 12.5. The van der Waals surface area contributed by atoms with E-state index >= 15 is 0 Å². The van der Waals surface area contributed by atoms with E-state index in [0.717, 1.165) is 36.5 Å². The molecule has 0 radical (unpaired) electrons. The Morgan fingerprint density at radius 1 is 1.12 bits per heavy atom. The number of hydrogen-bond acceptors (Lipinski definition) is 7. The summed E-state index contributed by atoms with van der Waals surface area (Å²) in [6, 6.07) is 15.7. The van der Waals surface area contributed by atoms with Gasteiger partial charge in [0.1, 0.15) is 11.9 Å². The average Bonchev–Trinajstić information content (AvgIpc) is 2.99. The number of ether oxygens (including phenoxy) is 1. The van der Waals surface area contributed by atoms with Gasteiger partial charge in [-0.2, -0.15) is 9.97 Å². The maximum Gasteiger partial charge on any atom is 0.318 e. The van der Waals surface area contributed by atoms with Crippen molar-refractivity contribution in [3.63, 3.8) is 0 Å². The molecule has 1 aliphatic carbocycles. The van der Waals surface area contributed by atoms with E-state index in [4.69, 9.17) is 21.3 Å². The standard InChI is InChI=1S/C33H39N7O2/c1-5-31(41)40-18-17-39(20-25(40)19-34-2)32-27-15-16-38(30-12-8-10-23-9-6-7-11-26(23)30)21-28(27)35-33(36-32)42-22-24-13-14-29(24)37(3)4/h5-12,24-25,29H,1,13-22H2,3-4H3/t24?,25-,29?/m0/s1. The van der Waals surface area contributed by atoms with E-state index in [2.05, 4.69) is 82.7 Å². The predicted molar refractivity (Wildman–Crippen MR) is 166 cm³/mol. The Morgan fingerprint density at radius 3 is 2.71 bits per heavy atom. The molecule has 3 heterocycles. The van der Waals surface area contributed by atoms with Crippen molar-refractivity contribution < 1.29 is 9.53 Å². The second-order valence-corrected chi connectivity index (χ2v) is 11.8. The first kappa shape index (κ1) is 28.0. The van der Waals surface area contributed by atoms with Crippen LogP contribution < -0.4 is 14.5 Å². The fourth-order valence-electron chi connectivity index (χ4n) is 6.73. The second-order valence-electron chi connectivity index (χ2n) is 11.8. The molecule has 0 bridgehead atoms. The van der Waals surface area contributed by atoms with Gasteiger partial charge in [-0.15, -0.1) is 0 Å². The molecule has 1 aromatic heterocycles. The van der Waals surface area contributed by atoms with Crippen molar-refractivity contribution in [3.8, 4) is 6.01 Å². The Bertz CT molecular complexity index is 1510. The van der Waals surface area contributed by atoms with Crippen molar-refractivity contribution in [1.29, 1.82) is 0 Å². The van der Waals surface area contributed by atoms with Crippen molar-refractivity contribution in [2.24, 2.45) is 5.92 Å². The van der Waals surface area contributed by atoms with Crippen LogP contribution in [0.1, 0.15) is 24.1 Å². The monoisotopic (exact) mass is 565 g/mol. The Kier molecular flexibility index (Phi) is 7.98. The lowest BCUT2D eigenvalue weighted by Crippen LogP contribution is -2.56. The number of fused-ring (bicyclic) bond motifs is 2. The molecule has 2 fully saturated rings. The maximum absolute atomic E-state index is 12.5. The summed E-state index contributed by atoms with van der Waals surface area (Å²) in [5.74, 6) is 1.22. The molecule has 2 aromatic carbocycles. The van der Waals surface area contributed by atoms with E-state index < -0.39 is 0 Å². The zero-order chi connectivity index (χ0) is 29.2. The number of piperazine rings is 1. The average molecular weight is 566 g/mol. The zero-order valence-corrected chi connectivity index (χ0v) is 24.6. The highest BCUT2D eigenvalue weighted by Gasteiger charge is 2.36.